The van der Waals surface area contributed by atoms with Crippen LogP contribution in [0.15, 0.2) is 24.3 Å². The molecule has 1 aromatic carbocycles. The number of rotatable bonds is 10. The summed E-state index contributed by atoms with van der Waals surface area (Å²) in [6, 6.07) is 8.53. The molecule has 4 nitrogen and oxygen atoms in total. The Morgan fingerprint density at radius 2 is 1.73 bits per heavy atom. The van der Waals surface area contributed by atoms with Crippen LogP contribution in [-0.2, 0) is 17.9 Å². The fourth-order valence-corrected chi connectivity index (χ4v) is 4.11. The van der Waals surface area contributed by atoms with Crippen LogP contribution in [0.4, 0.5) is 0 Å². The summed E-state index contributed by atoms with van der Waals surface area (Å²) in [6.45, 7) is 9.42. The molecule has 1 saturated heterocycles. The summed E-state index contributed by atoms with van der Waals surface area (Å²) in [5.74, 6) is 1.70. The Kier molecular flexibility index (Phi) is 9.13. The van der Waals surface area contributed by atoms with Crippen molar-refractivity contribution in [3.63, 3.8) is 0 Å². The summed E-state index contributed by atoms with van der Waals surface area (Å²) in [7, 11) is 0. The van der Waals surface area contributed by atoms with E-state index in [1.807, 2.05) is 0 Å². The van der Waals surface area contributed by atoms with Crippen molar-refractivity contribution in [1.82, 2.24) is 10.2 Å². The minimum atomic E-state index is 0.160. The summed E-state index contributed by atoms with van der Waals surface area (Å²) >= 11 is 0. The van der Waals surface area contributed by atoms with E-state index >= 15 is 0 Å². The molecule has 0 spiro atoms. The molecule has 2 rings (SSSR count). The van der Waals surface area contributed by atoms with Crippen LogP contribution in [0.25, 0.3) is 0 Å². The van der Waals surface area contributed by atoms with E-state index < -0.39 is 0 Å². The molecule has 1 aliphatic rings. The van der Waals surface area contributed by atoms with Crippen molar-refractivity contribution in [1.29, 1.82) is 0 Å². The molecule has 1 fully saturated rings. The van der Waals surface area contributed by atoms with E-state index in [1.165, 1.54) is 30.6 Å². The number of hydrogen-bond donors (Lipinski definition) is 2. The highest BCUT2D eigenvalue weighted by atomic mass is 16.1. The Hall–Kier alpha value is -1.39. The summed E-state index contributed by atoms with van der Waals surface area (Å²) in [5, 5.41) is 3.10. The van der Waals surface area contributed by atoms with E-state index in [4.69, 9.17) is 5.73 Å². The van der Waals surface area contributed by atoms with Gasteiger partial charge in [0.2, 0.25) is 5.91 Å². The average molecular weight is 360 g/mol. The van der Waals surface area contributed by atoms with E-state index in [1.54, 1.807) is 0 Å². The first kappa shape index (κ1) is 20.9. The SMILES string of the molecule is CC1CC(C)CN(Cc2ccccc2CNC(=O)CCCCCCN)C1. The van der Waals surface area contributed by atoms with Crippen LogP contribution in [-0.4, -0.2) is 30.4 Å². The highest BCUT2D eigenvalue weighted by Crippen LogP contribution is 2.23. The maximum Gasteiger partial charge on any atom is 0.220 e. The Bertz CT molecular complexity index is 536. The normalized spacial score (nSPS) is 20.9. The van der Waals surface area contributed by atoms with Crippen LogP contribution in [0.5, 0.6) is 0 Å². The molecule has 0 saturated carbocycles. The molecule has 0 aromatic heterocycles. The number of amides is 1. The molecule has 1 heterocycles. The van der Waals surface area contributed by atoms with E-state index in [-0.39, 0.29) is 5.91 Å². The zero-order valence-electron chi connectivity index (χ0n) is 16.7. The number of unbranched alkanes of at least 4 members (excludes halogenated alkanes) is 3. The molecule has 1 aromatic rings. The lowest BCUT2D eigenvalue weighted by Crippen LogP contribution is -2.38. The lowest BCUT2D eigenvalue weighted by Gasteiger charge is -2.35. The molecule has 3 N–H and O–H groups in total. The molecule has 2 unspecified atom stereocenters. The van der Waals surface area contributed by atoms with Gasteiger partial charge in [-0.3, -0.25) is 9.69 Å². The van der Waals surface area contributed by atoms with Crippen LogP contribution in [0, 0.1) is 11.8 Å². The number of piperidine rings is 1. The predicted octanol–water partition coefficient (Wildman–Crippen LogP) is 3.69. The van der Waals surface area contributed by atoms with E-state index in [0.29, 0.717) is 13.0 Å². The Labute approximate surface area is 159 Å². The van der Waals surface area contributed by atoms with Crippen molar-refractivity contribution in [2.75, 3.05) is 19.6 Å². The number of hydrogen-bond acceptors (Lipinski definition) is 3. The van der Waals surface area contributed by atoms with Crippen LogP contribution in [0.2, 0.25) is 0 Å². The van der Waals surface area contributed by atoms with Crippen LogP contribution < -0.4 is 11.1 Å². The lowest BCUT2D eigenvalue weighted by molar-refractivity contribution is -0.121. The molecule has 1 amide bonds. The summed E-state index contributed by atoms with van der Waals surface area (Å²) < 4.78 is 0. The van der Waals surface area contributed by atoms with Crippen molar-refractivity contribution in [3.05, 3.63) is 35.4 Å². The van der Waals surface area contributed by atoms with E-state index in [2.05, 4.69) is 48.3 Å². The number of carbonyl (C=O) groups is 1. The molecule has 0 bridgehead atoms. The van der Waals surface area contributed by atoms with Gasteiger partial charge in [0.15, 0.2) is 0 Å². The van der Waals surface area contributed by atoms with Crippen molar-refractivity contribution in [3.8, 4) is 0 Å². The van der Waals surface area contributed by atoms with Gasteiger partial charge in [0.25, 0.3) is 0 Å². The third kappa shape index (κ3) is 7.46. The molecule has 0 aliphatic carbocycles. The molecule has 1 aliphatic heterocycles. The highest BCUT2D eigenvalue weighted by molar-refractivity contribution is 5.75. The Balaban J connectivity index is 1.80. The first-order valence-electron chi connectivity index (χ1n) is 10.3. The molecule has 0 radical (unpaired) electrons. The fraction of sp³-hybridized carbons (Fsp3) is 0.682. The van der Waals surface area contributed by atoms with Gasteiger partial charge in [0.1, 0.15) is 0 Å². The number of benzene rings is 1. The van der Waals surface area contributed by atoms with Crippen LogP contribution >= 0.6 is 0 Å². The zero-order valence-corrected chi connectivity index (χ0v) is 16.7. The maximum absolute atomic E-state index is 12.1. The van der Waals surface area contributed by atoms with Gasteiger partial charge >= 0.3 is 0 Å². The number of nitrogens with zero attached hydrogens (tertiary/aromatic N) is 1. The zero-order chi connectivity index (χ0) is 18.8. The smallest absolute Gasteiger partial charge is 0.220 e. The van der Waals surface area contributed by atoms with Gasteiger partial charge in [-0.2, -0.15) is 0 Å². The third-order valence-corrected chi connectivity index (χ3v) is 5.29. The average Bonchev–Trinajstić information content (AvgIpc) is 2.60. The molecule has 26 heavy (non-hydrogen) atoms. The Morgan fingerprint density at radius 3 is 2.42 bits per heavy atom. The Morgan fingerprint density at radius 1 is 1.08 bits per heavy atom. The monoisotopic (exact) mass is 359 g/mol. The number of likely N-dealkylation sites (tertiary alicyclic amines) is 1. The highest BCUT2D eigenvalue weighted by Gasteiger charge is 2.22. The molecular formula is C22H37N3O. The predicted molar refractivity (Wildman–Crippen MR) is 109 cm³/mol. The first-order valence-corrected chi connectivity index (χ1v) is 10.3. The van der Waals surface area contributed by atoms with Gasteiger partial charge in [-0.1, -0.05) is 51.0 Å². The number of nitrogens with two attached hydrogens (primary N) is 1. The largest absolute Gasteiger partial charge is 0.352 e. The minimum Gasteiger partial charge on any atom is -0.352 e. The van der Waals surface area contributed by atoms with Gasteiger partial charge in [-0.05, 0) is 48.8 Å². The van der Waals surface area contributed by atoms with Gasteiger partial charge in [-0.15, -0.1) is 0 Å². The van der Waals surface area contributed by atoms with Gasteiger partial charge < -0.3 is 11.1 Å². The second kappa shape index (κ2) is 11.3. The summed E-state index contributed by atoms with van der Waals surface area (Å²) in [6.07, 6.45) is 6.18. The van der Waals surface area contributed by atoms with Crippen LogP contribution in [0.1, 0.15) is 63.5 Å². The first-order chi connectivity index (χ1) is 12.6. The molecular weight excluding hydrogens is 322 g/mol. The van der Waals surface area contributed by atoms with Gasteiger partial charge in [-0.25, -0.2) is 0 Å². The van der Waals surface area contributed by atoms with E-state index in [0.717, 1.165) is 50.6 Å². The van der Waals surface area contributed by atoms with Crippen molar-refractivity contribution in [2.45, 2.75) is 65.5 Å². The second-order valence-corrected chi connectivity index (χ2v) is 8.14. The van der Waals surface area contributed by atoms with Gasteiger partial charge in [0.05, 0.1) is 0 Å². The fourth-order valence-electron chi connectivity index (χ4n) is 4.11. The third-order valence-electron chi connectivity index (χ3n) is 5.29. The van der Waals surface area contributed by atoms with Crippen molar-refractivity contribution in [2.24, 2.45) is 17.6 Å². The minimum absolute atomic E-state index is 0.160. The van der Waals surface area contributed by atoms with Crippen LogP contribution in [0.3, 0.4) is 0 Å². The molecule has 4 heteroatoms. The van der Waals surface area contributed by atoms with E-state index in [9.17, 15) is 4.79 Å². The number of carbonyl (C=O) groups excluding carboxylic acids is 1. The van der Waals surface area contributed by atoms with Gasteiger partial charge in [0, 0.05) is 32.6 Å². The maximum atomic E-state index is 12.1. The quantitative estimate of drug-likeness (QED) is 0.626. The standard InChI is InChI=1S/C22H37N3O/c1-18-13-19(2)16-25(15-18)17-21-10-7-6-9-20(21)14-24-22(26)11-5-3-4-8-12-23/h6-7,9-10,18-19H,3-5,8,11-17,23H2,1-2H3,(H,24,26). The number of nitrogens with one attached hydrogen (secondary N) is 1. The molecule has 146 valence electrons. The summed E-state index contributed by atoms with van der Waals surface area (Å²) in [4.78, 5) is 14.7. The van der Waals surface area contributed by atoms with Crippen molar-refractivity contribution >= 4 is 5.91 Å². The second-order valence-electron chi connectivity index (χ2n) is 8.14. The lowest BCUT2D eigenvalue weighted by atomic mass is 9.91. The van der Waals surface area contributed by atoms with Crippen molar-refractivity contribution < 1.29 is 4.79 Å². The molecule has 2 atom stereocenters. The summed E-state index contributed by atoms with van der Waals surface area (Å²) in [5.41, 5.74) is 8.09. The topological polar surface area (TPSA) is 58.4 Å².